The number of carbonyl (C=O) groups excluding carboxylic acids is 2. The number of nitrogens with zero attached hydrogens (tertiary/aromatic N) is 4. The number of halogens is 2. The van der Waals surface area contributed by atoms with Gasteiger partial charge in [0.15, 0.2) is 0 Å². The summed E-state index contributed by atoms with van der Waals surface area (Å²) in [5, 5.41) is 1.11. The Morgan fingerprint density at radius 1 is 1.06 bits per heavy atom. The first-order valence-electron chi connectivity index (χ1n) is 10.6. The van der Waals surface area contributed by atoms with Crippen LogP contribution in [0.1, 0.15) is 30.5 Å². The van der Waals surface area contributed by atoms with Crippen molar-refractivity contribution >= 4 is 35.0 Å². The molecule has 2 fully saturated rings. The van der Waals surface area contributed by atoms with E-state index in [1.54, 1.807) is 23.2 Å². The Morgan fingerprint density at radius 3 is 2.58 bits per heavy atom. The number of piperazine rings is 1. The van der Waals surface area contributed by atoms with E-state index in [-0.39, 0.29) is 17.9 Å². The average Bonchev–Trinajstić information content (AvgIpc) is 3.10. The molecule has 0 saturated carbocycles. The summed E-state index contributed by atoms with van der Waals surface area (Å²) in [6.45, 7) is 4.27. The minimum atomic E-state index is -0.0849. The number of amides is 2. The van der Waals surface area contributed by atoms with Crippen molar-refractivity contribution in [1.29, 1.82) is 0 Å². The third kappa shape index (κ3) is 5.56. The molecule has 0 N–H and O–H groups in total. The molecule has 1 unspecified atom stereocenters. The van der Waals surface area contributed by atoms with Crippen molar-refractivity contribution in [3.05, 3.63) is 63.9 Å². The van der Waals surface area contributed by atoms with Crippen molar-refractivity contribution in [1.82, 2.24) is 19.7 Å². The fourth-order valence-corrected chi connectivity index (χ4v) is 4.73. The fourth-order valence-electron chi connectivity index (χ4n) is 4.26. The summed E-state index contributed by atoms with van der Waals surface area (Å²) in [4.78, 5) is 35.8. The topological polar surface area (TPSA) is 56.8 Å². The molecule has 2 amide bonds. The highest BCUT2D eigenvalue weighted by atomic mass is 35.5. The largest absolute Gasteiger partial charge is 0.340 e. The molecule has 6 nitrogen and oxygen atoms in total. The first kappa shape index (κ1) is 22.1. The van der Waals surface area contributed by atoms with E-state index in [0.29, 0.717) is 48.9 Å². The van der Waals surface area contributed by atoms with E-state index >= 15 is 0 Å². The molecular weight excluding hydrogens is 435 g/mol. The smallest absolute Gasteiger partial charge is 0.224 e. The van der Waals surface area contributed by atoms with Gasteiger partial charge in [-0.05, 0) is 36.2 Å². The van der Waals surface area contributed by atoms with Gasteiger partial charge in [-0.2, -0.15) is 0 Å². The molecule has 2 aliphatic heterocycles. The standard InChI is InChI=1S/C23H26Cl2N4O2/c24-18-5-4-17(21(25)13-18)15-29-20(6-7-22(29)30)14-23(31)28-11-9-27(10-12-28)16-19-3-1-2-8-26-19/h1-5,8,13,20H,6-7,9-12,14-16H2. The maximum atomic E-state index is 12.9. The lowest BCUT2D eigenvalue weighted by atomic mass is 10.1. The van der Waals surface area contributed by atoms with Crippen molar-refractivity contribution < 1.29 is 9.59 Å². The van der Waals surface area contributed by atoms with Gasteiger partial charge in [0, 0.05) is 74.4 Å². The van der Waals surface area contributed by atoms with Gasteiger partial charge >= 0.3 is 0 Å². The number of pyridine rings is 1. The van der Waals surface area contributed by atoms with Crippen LogP contribution in [0, 0.1) is 0 Å². The van der Waals surface area contributed by atoms with Gasteiger partial charge in [0.05, 0.1) is 5.69 Å². The molecule has 2 aliphatic rings. The van der Waals surface area contributed by atoms with Crippen LogP contribution < -0.4 is 0 Å². The number of hydrogen-bond donors (Lipinski definition) is 0. The summed E-state index contributed by atoms with van der Waals surface area (Å²) in [6, 6.07) is 11.1. The van der Waals surface area contributed by atoms with Gasteiger partial charge in [-0.3, -0.25) is 19.5 Å². The van der Waals surface area contributed by atoms with Crippen LogP contribution in [0.2, 0.25) is 10.0 Å². The molecule has 31 heavy (non-hydrogen) atoms. The van der Waals surface area contributed by atoms with Crippen LogP contribution in [-0.2, 0) is 22.7 Å². The summed E-state index contributed by atoms with van der Waals surface area (Å²) in [5.41, 5.74) is 1.89. The monoisotopic (exact) mass is 460 g/mol. The van der Waals surface area contributed by atoms with E-state index in [4.69, 9.17) is 23.2 Å². The van der Waals surface area contributed by atoms with Gasteiger partial charge in [0.1, 0.15) is 0 Å². The van der Waals surface area contributed by atoms with Crippen molar-refractivity contribution in [2.45, 2.75) is 38.4 Å². The Kier molecular flexibility index (Phi) is 7.10. The maximum Gasteiger partial charge on any atom is 0.224 e. The number of rotatable bonds is 6. The Morgan fingerprint density at radius 2 is 1.87 bits per heavy atom. The van der Waals surface area contributed by atoms with Crippen LogP contribution in [0.25, 0.3) is 0 Å². The molecule has 2 aromatic rings. The Balaban J connectivity index is 1.31. The van der Waals surface area contributed by atoms with Gasteiger partial charge in [-0.25, -0.2) is 0 Å². The molecule has 1 aromatic carbocycles. The lowest BCUT2D eigenvalue weighted by Crippen LogP contribution is -2.49. The highest BCUT2D eigenvalue weighted by Gasteiger charge is 2.34. The summed E-state index contributed by atoms with van der Waals surface area (Å²) in [7, 11) is 0. The molecule has 0 bridgehead atoms. The zero-order valence-corrected chi connectivity index (χ0v) is 18.9. The second-order valence-electron chi connectivity index (χ2n) is 8.13. The van der Waals surface area contributed by atoms with E-state index in [1.807, 2.05) is 29.2 Å². The second-order valence-corrected chi connectivity index (χ2v) is 8.98. The molecule has 1 aromatic heterocycles. The molecule has 0 aliphatic carbocycles. The first-order chi connectivity index (χ1) is 15.0. The van der Waals surface area contributed by atoms with Gasteiger partial charge in [0.2, 0.25) is 11.8 Å². The quantitative estimate of drug-likeness (QED) is 0.660. The molecule has 8 heteroatoms. The van der Waals surface area contributed by atoms with E-state index in [1.165, 1.54) is 0 Å². The summed E-state index contributed by atoms with van der Waals surface area (Å²) < 4.78 is 0. The highest BCUT2D eigenvalue weighted by molar-refractivity contribution is 6.35. The van der Waals surface area contributed by atoms with Crippen molar-refractivity contribution in [3.63, 3.8) is 0 Å². The average molecular weight is 461 g/mol. The predicted molar refractivity (Wildman–Crippen MR) is 121 cm³/mol. The molecule has 4 rings (SSSR count). The molecule has 164 valence electrons. The summed E-state index contributed by atoms with van der Waals surface area (Å²) in [5.74, 6) is 0.188. The molecular formula is C23H26Cl2N4O2. The van der Waals surface area contributed by atoms with Crippen LogP contribution in [0.5, 0.6) is 0 Å². The molecule has 2 saturated heterocycles. The zero-order valence-electron chi connectivity index (χ0n) is 17.3. The van der Waals surface area contributed by atoms with Crippen molar-refractivity contribution in [2.24, 2.45) is 0 Å². The van der Waals surface area contributed by atoms with Crippen LogP contribution in [-0.4, -0.2) is 63.7 Å². The van der Waals surface area contributed by atoms with Crippen molar-refractivity contribution in [3.8, 4) is 0 Å². The predicted octanol–water partition coefficient (Wildman–Crippen LogP) is 3.61. The van der Waals surface area contributed by atoms with Crippen molar-refractivity contribution in [2.75, 3.05) is 26.2 Å². The second kappa shape index (κ2) is 9.98. The maximum absolute atomic E-state index is 12.9. The van der Waals surface area contributed by atoms with E-state index in [9.17, 15) is 9.59 Å². The minimum absolute atomic E-state index is 0.0731. The van der Waals surface area contributed by atoms with Gasteiger partial charge in [-0.15, -0.1) is 0 Å². The van der Waals surface area contributed by atoms with Crippen LogP contribution in [0.15, 0.2) is 42.6 Å². The molecule has 1 atom stereocenters. The van der Waals surface area contributed by atoms with Gasteiger partial charge in [-0.1, -0.05) is 35.3 Å². The van der Waals surface area contributed by atoms with E-state index in [2.05, 4.69) is 9.88 Å². The number of hydrogen-bond acceptors (Lipinski definition) is 4. The lowest BCUT2D eigenvalue weighted by Gasteiger charge is -2.35. The summed E-state index contributed by atoms with van der Waals surface area (Å²) in [6.07, 6.45) is 3.34. The molecule has 0 spiro atoms. The fraction of sp³-hybridized carbons (Fsp3) is 0.435. The Hall–Kier alpha value is -2.15. The zero-order chi connectivity index (χ0) is 21.8. The molecule has 3 heterocycles. The third-order valence-electron chi connectivity index (χ3n) is 6.06. The van der Waals surface area contributed by atoms with Crippen LogP contribution >= 0.6 is 23.2 Å². The van der Waals surface area contributed by atoms with Crippen LogP contribution in [0.3, 0.4) is 0 Å². The third-order valence-corrected chi connectivity index (χ3v) is 6.64. The van der Waals surface area contributed by atoms with Crippen LogP contribution in [0.4, 0.5) is 0 Å². The highest BCUT2D eigenvalue weighted by Crippen LogP contribution is 2.28. The van der Waals surface area contributed by atoms with Gasteiger partial charge in [0.25, 0.3) is 0 Å². The SMILES string of the molecule is O=C(CC1CCC(=O)N1Cc1ccc(Cl)cc1Cl)N1CCN(Cc2ccccn2)CC1. The molecule has 0 radical (unpaired) electrons. The van der Waals surface area contributed by atoms with E-state index < -0.39 is 0 Å². The number of likely N-dealkylation sites (tertiary alicyclic amines) is 1. The normalized spacial score (nSPS) is 19.8. The van der Waals surface area contributed by atoms with Gasteiger partial charge < -0.3 is 9.80 Å². The minimum Gasteiger partial charge on any atom is -0.340 e. The first-order valence-corrected chi connectivity index (χ1v) is 11.4. The number of benzene rings is 1. The lowest BCUT2D eigenvalue weighted by molar-refractivity contribution is -0.135. The summed E-state index contributed by atoms with van der Waals surface area (Å²) >= 11 is 12.3. The number of aromatic nitrogens is 1. The van der Waals surface area contributed by atoms with E-state index in [0.717, 1.165) is 30.9 Å². The Labute approximate surface area is 192 Å². The number of carbonyl (C=O) groups is 2. The Bertz CT molecular complexity index is 932.